The van der Waals surface area contributed by atoms with Crippen LogP contribution in [0.2, 0.25) is 0 Å². The minimum Gasteiger partial charge on any atom is -0.507 e. The minimum absolute atomic E-state index is 0.180. The highest BCUT2D eigenvalue weighted by Crippen LogP contribution is 2.52. The van der Waals surface area contributed by atoms with Crippen LogP contribution in [0.5, 0.6) is 5.75 Å². The number of phenolic OH excluding ortho intramolecular Hbond substituents is 1. The molecule has 2 aromatic rings. The number of hydrogen-bond acceptors (Lipinski definition) is 11. The summed E-state index contributed by atoms with van der Waals surface area (Å²) in [5.41, 5.74) is -4.23. The quantitative estimate of drug-likeness (QED) is 0.350. The first-order chi connectivity index (χ1) is 18.6. The first kappa shape index (κ1) is 28.5. The van der Waals surface area contributed by atoms with Crippen LogP contribution in [0, 0.1) is 23.3 Å². The maximum atomic E-state index is 13.9. The van der Waals surface area contributed by atoms with E-state index in [1.165, 1.54) is 52.8 Å². The van der Waals surface area contributed by atoms with Crippen molar-refractivity contribution in [3.05, 3.63) is 51.8 Å². The smallest absolute Gasteiger partial charge is 0.309 e. The van der Waals surface area contributed by atoms with Gasteiger partial charge in [0, 0.05) is 18.1 Å². The molecule has 0 spiro atoms. The highest BCUT2D eigenvalue weighted by molar-refractivity contribution is 6.29. The molecule has 1 heterocycles. The summed E-state index contributed by atoms with van der Waals surface area (Å²) in [4.78, 5) is 65.4. The molecule has 40 heavy (non-hydrogen) atoms. The van der Waals surface area contributed by atoms with Crippen LogP contribution in [0.25, 0.3) is 0 Å². The Kier molecular flexibility index (Phi) is 7.06. The average Bonchev–Trinajstić information content (AvgIpc) is 3.21. The summed E-state index contributed by atoms with van der Waals surface area (Å²) in [7, 11) is 0. The second kappa shape index (κ2) is 9.91. The molecule has 0 bridgehead atoms. The first-order valence-corrected chi connectivity index (χ1v) is 12.6. The molecule has 4 atom stereocenters. The van der Waals surface area contributed by atoms with Gasteiger partial charge in [0.1, 0.15) is 17.0 Å². The van der Waals surface area contributed by atoms with Crippen molar-refractivity contribution in [3.8, 4) is 11.9 Å². The Morgan fingerprint density at radius 2 is 1.60 bits per heavy atom. The molecule has 0 saturated carbocycles. The van der Waals surface area contributed by atoms with Gasteiger partial charge in [-0.15, -0.1) is 0 Å². The van der Waals surface area contributed by atoms with E-state index >= 15 is 0 Å². The average molecular weight is 553 g/mol. The van der Waals surface area contributed by atoms with Crippen molar-refractivity contribution in [2.24, 2.45) is 11.8 Å². The van der Waals surface area contributed by atoms with E-state index in [1.54, 1.807) is 6.19 Å². The second-order valence-electron chi connectivity index (χ2n) is 10.6. The number of aliphatic hydroxyl groups is 1. The number of rotatable bonds is 5. The van der Waals surface area contributed by atoms with E-state index < -0.39 is 76.7 Å². The number of hydrogen-bond donors (Lipinski definition) is 2. The number of benzene rings is 1. The highest BCUT2D eigenvalue weighted by atomic mass is 16.6. The highest BCUT2D eigenvalue weighted by Gasteiger charge is 2.60. The van der Waals surface area contributed by atoms with E-state index in [0.717, 1.165) is 11.5 Å². The van der Waals surface area contributed by atoms with Gasteiger partial charge in [0.15, 0.2) is 30.3 Å². The van der Waals surface area contributed by atoms with Gasteiger partial charge in [-0.1, -0.05) is 39.8 Å². The van der Waals surface area contributed by atoms with Crippen LogP contribution in [0.3, 0.4) is 0 Å². The SMILES string of the molecule is CC(=O)O[C@H]1c2c3c(n(C#N)c2[C@@H](OC(=O)C(C)C)[C@](C)(O)[C@@H]1OC(=O)C(C)C)C(=O)c1c(O)cccc1C3=O. The van der Waals surface area contributed by atoms with Crippen molar-refractivity contribution in [1.29, 1.82) is 5.26 Å². The fraction of sp³-hybridized carbons (Fsp3) is 0.429. The predicted molar refractivity (Wildman–Crippen MR) is 134 cm³/mol. The maximum absolute atomic E-state index is 13.9. The zero-order valence-electron chi connectivity index (χ0n) is 22.7. The van der Waals surface area contributed by atoms with Crippen molar-refractivity contribution < 1.29 is 48.4 Å². The molecule has 12 heteroatoms. The lowest BCUT2D eigenvalue weighted by molar-refractivity contribution is -0.225. The number of aromatic nitrogens is 1. The van der Waals surface area contributed by atoms with Crippen LogP contribution >= 0.6 is 0 Å². The van der Waals surface area contributed by atoms with Gasteiger partial charge in [-0.05, 0) is 13.0 Å². The third-order valence-corrected chi connectivity index (χ3v) is 6.93. The van der Waals surface area contributed by atoms with E-state index in [2.05, 4.69) is 0 Å². The van der Waals surface area contributed by atoms with Gasteiger partial charge in [-0.2, -0.15) is 5.26 Å². The van der Waals surface area contributed by atoms with Crippen LogP contribution in [-0.2, 0) is 28.6 Å². The Morgan fingerprint density at radius 1 is 1.00 bits per heavy atom. The molecular formula is C28H28N2O10. The first-order valence-electron chi connectivity index (χ1n) is 12.6. The molecule has 2 N–H and O–H groups in total. The Balaban J connectivity index is 2.13. The van der Waals surface area contributed by atoms with E-state index in [4.69, 9.17) is 14.2 Å². The van der Waals surface area contributed by atoms with E-state index in [-0.39, 0.29) is 27.9 Å². The minimum atomic E-state index is -2.32. The molecule has 1 aromatic carbocycles. The Hall–Kier alpha value is -4.50. The van der Waals surface area contributed by atoms with Crippen molar-refractivity contribution in [2.45, 2.75) is 65.5 Å². The summed E-state index contributed by atoms with van der Waals surface area (Å²) in [6.45, 7) is 8.33. The largest absolute Gasteiger partial charge is 0.507 e. The molecule has 2 aliphatic carbocycles. The zero-order valence-corrected chi connectivity index (χ0v) is 22.7. The molecule has 210 valence electrons. The molecule has 0 amide bonds. The molecule has 12 nitrogen and oxygen atoms in total. The zero-order chi connectivity index (χ0) is 29.8. The molecule has 4 rings (SSSR count). The van der Waals surface area contributed by atoms with Crippen molar-refractivity contribution in [3.63, 3.8) is 0 Å². The monoisotopic (exact) mass is 552 g/mol. The molecule has 0 fully saturated rings. The summed E-state index contributed by atoms with van der Waals surface area (Å²) < 4.78 is 17.5. The van der Waals surface area contributed by atoms with Crippen LogP contribution in [-0.4, -0.2) is 56.0 Å². The molecule has 1 aromatic heterocycles. The van der Waals surface area contributed by atoms with E-state index in [0.29, 0.717) is 0 Å². The normalized spacial score (nSPS) is 23.1. The standard InChI is InChI=1S/C28H28N2O10/c1-11(2)26(35)39-24-20-18(23(38-13(5)31)25(28(24,6)37)40-27(36)12(3)4)17-19(30(20)10-29)22(34)16-14(21(17)33)8-7-9-15(16)32/h7-9,11-12,23-25,32,37H,1-6H3/t23-,24+,25+,28-/m0/s1. The van der Waals surface area contributed by atoms with Crippen molar-refractivity contribution in [2.75, 3.05) is 0 Å². The van der Waals surface area contributed by atoms with Gasteiger partial charge in [-0.3, -0.25) is 24.0 Å². The van der Waals surface area contributed by atoms with Crippen LogP contribution < -0.4 is 0 Å². The summed E-state index contributed by atoms with van der Waals surface area (Å²) in [5.74, 6) is -6.09. The van der Waals surface area contributed by atoms with Gasteiger partial charge in [0.05, 0.1) is 28.7 Å². The number of aromatic hydroxyl groups is 1. The van der Waals surface area contributed by atoms with E-state index in [9.17, 15) is 39.4 Å². The van der Waals surface area contributed by atoms with Gasteiger partial charge in [0.2, 0.25) is 5.78 Å². The summed E-state index contributed by atoms with van der Waals surface area (Å²) in [5, 5.41) is 32.5. The lowest BCUT2D eigenvalue weighted by Gasteiger charge is -2.45. The number of carbonyl (C=O) groups is 5. The molecule has 0 aliphatic heterocycles. The molecule has 2 aliphatic rings. The Bertz CT molecular complexity index is 1510. The molecule has 0 radical (unpaired) electrons. The number of fused-ring (bicyclic) bond motifs is 4. The number of nitrogens with zero attached hydrogens (tertiary/aromatic N) is 2. The number of carbonyl (C=O) groups excluding carboxylic acids is 5. The van der Waals surface area contributed by atoms with Crippen LogP contribution in [0.15, 0.2) is 18.2 Å². The Morgan fingerprint density at radius 3 is 2.15 bits per heavy atom. The van der Waals surface area contributed by atoms with Gasteiger partial charge < -0.3 is 24.4 Å². The maximum Gasteiger partial charge on any atom is 0.309 e. The number of nitriles is 1. The molecule has 0 unspecified atom stereocenters. The summed E-state index contributed by atoms with van der Waals surface area (Å²) in [6.07, 6.45) is -3.37. The van der Waals surface area contributed by atoms with Crippen molar-refractivity contribution in [1.82, 2.24) is 4.57 Å². The number of ketones is 2. The van der Waals surface area contributed by atoms with Crippen LogP contribution in [0.1, 0.15) is 97.0 Å². The van der Waals surface area contributed by atoms with Crippen molar-refractivity contribution >= 4 is 29.5 Å². The fourth-order valence-corrected chi connectivity index (χ4v) is 4.98. The number of esters is 3. The lowest BCUT2D eigenvalue weighted by Crippen LogP contribution is -2.56. The lowest BCUT2D eigenvalue weighted by atomic mass is 9.75. The van der Waals surface area contributed by atoms with Gasteiger partial charge >= 0.3 is 17.9 Å². The Labute approximate surface area is 229 Å². The number of ether oxygens (including phenoxy) is 3. The summed E-state index contributed by atoms with van der Waals surface area (Å²) >= 11 is 0. The molecule has 0 saturated heterocycles. The third kappa shape index (κ3) is 4.23. The number of phenols is 1. The van der Waals surface area contributed by atoms with E-state index in [1.807, 2.05) is 0 Å². The molecular weight excluding hydrogens is 524 g/mol. The fourth-order valence-electron chi connectivity index (χ4n) is 4.98. The predicted octanol–water partition coefficient (Wildman–Crippen LogP) is 2.48. The summed E-state index contributed by atoms with van der Waals surface area (Å²) in [6, 6.07) is 3.86. The second-order valence-corrected chi connectivity index (χ2v) is 10.6. The third-order valence-electron chi connectivity index (χ3n) is 6.93. The van der Waals surface area contributed by atoms with Gasteiger partial charge in [0.25, 0.3) is 0 Å². The van der Waals surface area contributed by atoms with Gasteiger partial charge in [-0.25, -0.2) is 4.57 Å². The van der Waals surface area contributed by atoms with Crippen LogP contribution in [0.4, 0.5) is 0 Å². The topological polar surface area (TPSA) is 182 Å².